The molecule has 0 bridgehead atoms. The molecule has 2 aromatic rings. The van der Waals surface area contributed by atoms with Crippen LogP contribution in [0, 0.1) is 12.8 Å². The lowest BCUT2D eigenvalue weighted by Gasteiger charge is -2.19. The highest BCUT2D eigenvalue weighted by Crippen LogP contribution is 2.23. The number of methoxy groups -OCH3 is 1. The van der Waals surface area contributed by atoms with Gasteiger partial charge in [0.15, 0.2) is 5.82 Å². The van der Waals surface area contributed by atoms with E-state index in [4.69, 9.17) is 9.88 Å². The average Bonchev–Trinajstić information content (AvgIpc) is 2.65. The summed E-state index contributed by atoms with van der Waals surface area (Å²) in [5, 5.41) is 17.9. The fourth-order valence-electron chi connectivity index (χ4n) is 3.26. The number of aromatic nitrogens is 4. The lowest BCUT2D eigenvalue weighted by molar-refractivity contribution is 0.259. The van der Waals surface area contributed by atoms with Gasteiger partial charge in [-0.25, -0.2) is 23.5 Å². The van der Waals surface area contributed by atoms with E-state index in [1.165, 1.54) is 0 Å². The van der Waals surface area contributed by atoms with Gasteiger partial charge in [0.05, 0.1) is 19.8 Å². The summed E-state index contributed by atoms with van der Waals surface area (Å²) < 4.78 is 28.4. The van der Waals surface area contributed by atoms with Crippen molar-refractivity contribution in [1.29, 1.82) is 0 Å². The molecule has 0 aliphatic rings. The van der Waals surface area contributed by atoms with Crippen molar-refractivity contribution in [3.63, 3.8) is 0 Å². The minimum absolute atomic E-state index is 0.0130. The second kappa shape index (κ2) is 10.8. The van der Waals surface area contributed by atoms with E-state index in [0.717, 1.165) is 11.1 Å². The van der Waals surface area contributed by atoms with Gasteiger partial charge in [0, 0.05) is 18.2 Å². The van der Waals surface area contributed by atoms with E-state index in [1.807, 2.05) is 33.8 Å². The second-order valence-electron chi connectivity index (χ2n) is 8.15. The number of hydrogen-bond acceptors (Lipinski definition) is 9. The van der Waals surface area contributed by atoms with Gasteiger partial charge in [-0.3, -0.25) is 0 Å². The number of primary sulfonamides is 1. The van der Waals surface area contributed by atoms with Crippen LogP contribution in [0.1, 0.15) is 55.9 Å². The Morgan fingerprint density at radius 3 is 2.42 bits per heavy atom. The van der Waals surface area contributed by atoms with Gasteiger partial charge in [0.1, 0.15) is 11.6 Å². The molecule has 0 aliphatic heterocycles. The zero-order valence-corrected chi connectivity index (χ0v) is 19.5. The van der Waals surface area contributed by atoms with Crippen molar-refractivity contribution in [3.8, 4) is 5.88 Å². The molecule has 2 rings (SSSR count). The zero-order chi connectivity index (χ0) is 23.2. The van der Waals surface area contributed by atoms with Crippen molar-refractivity contribution in [2.45, 2.75) is 58.2 Å². The minimum atomic E-state index is -3.81. The third-order valence-corrected chi connectivity index (χ3v) is 5.33. The Labute approximate surface area is 183 Å². The maximum atomic E-state index is 11.6. The van der Waals surface area contributed by atoms with Gasteiger partial charge in [-0.1, -0.05) is 20.8 Å². The number of nitrogens with two attached hydrogens (primary N) is 1. The summed E-state index contributed by atoms with van der Waals surface area (Å²) in [6, 6.07) is 1.73. The number of sulfonamides is 1. The topological polar surface area (TPSA) is 153 Å². The normalized spacial score (nSPS) is 13.8. The Kier molecular flexibility index (Phi) is 8.66. The summed E-state index contributed by atoms with van der Waals surface area (Å²) in [6.07, 6.45) is 2.89. The molecule has 31 heavy (non-hydrogen) atoms. The maximum absolute atomic E-state index is 11.6. The molecule has 0 unspecified atom stereocenters. The SMILES string of the molecule is COc1ncc([C@H](C)Cc2nc(CS(N)(=O)=O)nc(N[C@@H](CO)CC(C)C)n2)cc1C. The molecule has 0 aromatic carbocycles. The van der Waals surface area contributed by atoms with E-state index >= 15 is 0 Å². The van der Waals surface area contributed by atoms with Gasteiger partial charge in [0.25, 0.3) is 0 Å². The molecule has 0 saturated carbocycles. The minimum Gasteiger partial charge on any atom is -0.481 e. The first-order valence-corrected chi connectivity index (χ1v) is 11.8. The van der Waals surface area contributed by atoms with Gasteiger partial charge >= 0.3 is 0 Å². The summed E-state index contributed by atoms with van der Waals surface area (Å²) in [6.45, 7) is 7.91. The molecule has 0 saturated heterocycles. The number of nitrogens with one attached hydrogen (secondary N) is 1. The van der Waals surface area contributed by atoms with Gasteiger partial charge < -0.3 is 15.2 Å². The number of nitrogens with zero attached hydrogens (tertiary/aromatic N) is 4. The van der Waals surface area contributed by atoms with Crippen molar-refractivity contribution >= 4 is 16.0 Å². The number of anilines is 1. The summed E-state index contributed by atoms with van der Waals surface area (Å²) >= 11 is 0. The number of hydrogen-bond donors (Lipinski definition) is 3. The summed E-state index contributed by atoms with van der Waals surface area (Å²) in [4.78, 5) is 17.3. The Morgan fingerprint density at radius 2 is 1.87 bits per heavy atom. The molecule has 0 amide bonds. The van der Waals surface area contributed by atoms with E-state index in [-0.39, 0.29) is 30.3 Å². The highest BCUT2D eigenvalue weighted by Gasteiger charge is 2.18. The summed E-state index contributed by atoms with van der Waals surface area (Å²) in [5.41, 5.74) is 1.90. The first kappa shape index (κ1) is 24.9. The van der Waals surface area contributed by atoms with Crippen molar-refractivity contribution in [3.05, 3.63) is 35.0 Å². The van der Waals surface area contributed by atoms with E-state index in [2.05, 4.69) is 25.3 Å². The average molecular weight is 453 g/mol. The number of ether oxygens (including phenoxy) is 1. The molecule has 2 heterocycles. The van der Waals surface area contributed by atoms with Crippen LogP contribution in [0.2, 0.25) is 0 Å². The Balaban J connectivity index is 2.31. The van der Waals surface area contributed by atoms with E-state index in [0.29, 0.717) is 30.5 Å². The fourth-order valence-corrected chi connectivity index (χ4v) is 3.75. The van der Waals surface area contributed by atoms with Gasteiger partial charge in [-0.05, 0) is 36.8 Å². The smallest absolute Gasteiger partial charge is 0.226 e. The first-order chi connectivity index (χ1) is 14.5. The molecular weight excluding hydrogens is 420 g/mol. The Bertz CT molecular complexity index is 984. The zero-order valence-electron chi connectivity index (χ0n) is 18.7. The Morgan fingerprint density at radius 1 is 1.19 bits per heavy atom. The summed E-state index contributed by atoms with van der Waals surface area (Å²) in [7, 11) is -2.24. The molecule has 0 aliphatic carbocycles. The van der Waals surface area contributed by atoms with Crippen LogP contribution in [-0.2, 0) is 22.2 Å². The van der Waals surface area contributed by atoms with Crippen molar-refractivity contribution in [1.82, 2.24) is 19.9 Å². The van der Waals surface area contributed by atoms with E-state index < -0.39 is 15.8 Å². The van der Waals surface area contributed by atoms with Crippen molar-refractivity contribution in [2.24, 2.45) is 11.1 Å². The second-order valence-corrected chi connectivity index (χ2v) is 9.77. The number of aliphatic hydroxyl groups excluding tert-OH is 1. The monoisotopic (exact) mass is 452 g/mol. The maximum Gasteiger partial charge on any atom is 0.226 e. The molecule has 10 nitrogen and oxygen atoms in total. The molecule has 0 spiro atoms. The predicted molar refractivity (Wildman–Crippen MR) is 118 cm³/mol. The lowest BCUT2D eigenvalue weighted by Crippen LogP contribution is -2.28. The summed E-state index contributed by atoms with van der Waals surface area (Å²) in [5.74, 6) is 1.14. The van der Waals surface area contributed by atoms with Crippen LogP contribution in [0.15, 0.2) is 12.3 Å². The Hall–Kier alpha value is -2.37. The molecule has 0 fully saturated rings. The van der Waals surface area contributed by atoms with Crippen molar-refractivity contribution in [2.75, 3.05) is 19.0 Å². The number of rotatable bonds is 11. The molecule has 0 radical (unpaired) electrons. The van der Waals surface area contributed by atoms with Crippen LogP contribution in [-0.4, -0.2) is 53.2 Å². The predicted octanol–water partition coefficient (Wildman–Crippen LogP) is 1.54. The molecule has 2 atom stereocenters. The molecule has 4 N–H and O–H groups in total. The first-order valence-electron chi connectivity index (χ1n) is 10.1. The van der Waals surface area contributed by atoms with Crippen LogP contribution in [0.25, 0.3) is 0 Å². The third-order valence-electron chi connectivity index (χ3n) is 4.67. The largest absolute Gasteiger partial charge is 0.481 e. The van der Waals surface area contributed by atoms with Crippen LogP contribution >= 0.6 is 0 Å². The standard InChI is InChI=1S/C20H32N6O4S/c1-12(2)6-16(10-27)23-20-25-17(24-18(26-20)11-31(21,28)29)8-13(3)15-7-14(4)19(30-5)22-9-15/h7,9,12-13,16,27H,6,8,10-11H2,1-5H3,(H2,21,28,29)(H,23,24,25,26)/t13-,16-/m1/s1. The fraction of sp³-hybridized carbons (Fsp3) is 0.600. The molecule has 11 heteroatoms. The van der Waals surface area contributed by atoms with E-state index in [9.17, 15) is 13.5 Å². The van der Waals surface area contributed by atoms with Gasteiger partial charge in [-0.2, -0.15) is 9.97 Å². The third kappa shape index (κ3) is 8.00. The van der Waals surface area contributed by atoms with Crippen molar-refractivity contribution < 1.29 is 18.3 Å². The van der Waals surface area contributed by atoms with Gasteiger partial charge in [-0.15, -0.1) is 0 Å². The molecule has 2 aromatic heterocycles. The van der Waals surface area contributed by atoms with Crippen LogP contribution in [0.3, 0.4) is 0 Å². The van der Waals surface area contributed by atoms with Crippen LogP contribution < -0.4 is 15.2 Å². The number of pyridine rings is 1. The number of aryl methyl sites for hydroxylation is 1. The van der Waals surface area contributed by atoms with Gasteiger partial charge in [0.2, 0.25) is 21.9 Å². The quantitative estimate of drug-likeness (QED) is 0.460. The van der Waals surface area contributed by atoms with Crippen LogP contribution in [0.5, 0.6) is 5.88 Å². The number of aliphatic hydroxyl groups is 1. The highest BCUT2D eigenvalue weighted by atomic mass is 32.2. The van der Waals surface area contributed by atoms with Crippen LogP contribution in [0.4, 0.5) is 5.95 Å². The van der Waals surface area contributed by atoms with E-state index in [1.54, 1.807) is 13.3 Å². The highest BCUT2D eigenvalue weighted by molar-refractivity contribution is 7.88. The molecular formula is C20H32N6O4S. The molecule has 172 valence electrons. The lowest BCUT2D eigenvalue weighted by atomic mass is 9.98.